The van der Waals surface area contributed by atoms with Gasteiger partial charge in [-0.25, -0.2) is 4.39 Å². The largest absolute Gasteiger partial charge is 0.326 e. The molecule has 1 aliphatic rings. The van der Waals surface area contributed by atoms with Crippen molar-refractivity contribution >= 4 is 17.4 Å². The molecule has 136 valence electrons. The first-order valence-corrected chi connectivity index (χ1v) is 8.90. The molecule has 0 atom stereocenters. The number of halogens is 1. The smallest absolute Gasteiger partial charge is 0.227 e. The van der Waals surface area contributed by atoms with Crippen LogP contribution >= 0.6 is 0 Å². The number of hydrogen-bond acceptors (Lipinski definition) is 3. The minimum Gasteiger partial charge on any atom is -0.326 e. The van der Waals surface area contributed by atoms with Crippen LogP contribution in [-0.4, -0.2) is 29.7 Å². The van der Waals surface area contributed by atoms with Crippen LogP contribution in [0.1, 0.15) is 35.7 Å². The lowest BCUT2D eigenvalue weighted by Crippen LogP contribution is -2.37. The van der Waals surface area contributed by atoms with Gasteiger partial charge in [0.1, 0.15) is 5.82 Å². The fourth-order valence-corrected chi connectivity index (χ4v) is 3.26. The Morgan fingerprint density at radius 2 is 1.81 bits per heavy atom. The lowest BCUT2D eigenvalue weighted by molar-refractivity contribution is -0.121. The molecule has 0 bridgehead atoms. The summed E-state index contributed by atoms with van der Waals surface area (Å²) in [5, 5.41) is 2.93. The molecule has 1 amide bonds. The molecule has 0 saturated carbocycles. The van der Waals surface area contributed by atoms with Crippen LogP contribution in [0.4, 0.5) is 10.1 Å². The van der Waals surface area contributed by atoms with E-state index in [9.17, 15) is 14.0 Å². The highest BCUT2D eigenvalue weighted by Gasteiger charge is 2.25. The van der Waals surface area contributed by atoms with Crippen LogP contribution in [0.25, 0.3) is 0 Å². The SMILES string of the molecule is CC(=O)c1cccc(NC(=O)C2CCN(Cc3ccc(F)cc3)CC2)c1. The van der Waals surface area contributed by atoms with Gasteiger partial charge >= 0.3 is 0 Å². The zero-order valence-electron chi connectivity index (χ0n) is 14.9. The third-order valence-corrected chi connectivity index (χ3v) is 4.81. The molecule has 1 N–H and O–H groups in total. The average Bonchev–Trinajstić information content (AvgIpc) is 2.64. The van der Waals surface area contributed by atoms with Gasteiger partial charge in [0, 0.05) is 23.7 Å². The number of nitrogens with one attached hydrogen (secondary N) is 1. The van der Waals surface area contributed by atoms with E-state index in [1.807, 2.05) is 0 Å². The van der Waals surface area contributed by atoms with Gasteiger partial charge in [-0.15, -0.1) is 0 Å². The maximum absolute atomic E-state index is 13.0. The molecular weight excluding hydrogens is 331 g/mol. The highest BCUT2D eigenvalue weighted by molar-refractivity contribution is 5.97. The number of piperidine rings is 1. The second-order valence-corrected chi connectivity index (χ2v) is 6.80. The minimum atomic E-state index is -0.224. The summed E-state index contributed by atoms with van der Waals surface area (Å²) in [4.78, 5) is 26.2. The van der Waals surface area contributed by atoms with Gasteiger partial charge in [-0.1, -0.05) is 24.3 Å². The standard InChI is InChI=1S/C21H23FN2O2/c1-15(25)18-3-2-4-20(13-18)23-21(26)17-9-11-24(12-10-17)14-16-5-7-19(22)8-6-16/h2-8,13,17H,9-12,14H2,1H3,(H,23,26). The summed E-state index contributed by atoms with van der Waals surface area (Å²) in [6, 6.07) is 13.6. The zero-order valence-corrected chi connectivity index (χ0v) is 14.9. The summed E-state index contributed by atoms with van der Waals surface area (Å²) in [5.41, 5.74) is 2.34. The minimum absolute atomic E-state index is 0.00661. The second-order valence-electron chi connectivity index (χ2n) is 6.80. The Hall–Kier alpha value is -2.53. The summed E-state index contributed by atoms with van der Waals surface area (Å²) < 4.78 is 13.0. The van der Waals surface area contributed by atoms with E-state index in [0.717, 1.165) is 38.0 Å². The molecule has 1 heterocycles. The molecule has 2 aromatic carbocycles. The number of likely N-dealkylation sites (tertiary alicyclic amines) is 1. The van der Waals surface area contributed by atoms with Crippen molar-refractivity contribution in [3.8, 4) is 0 Å². The van der Waals surface area contributed by atoms with Gasteiger partial charge in [0.25, 0.3) is 0 Å². The quantitative estimate of drug-likeness (QED) is 0.829. The summed E-state index contributed by atoms with van der Waals surface area (Å²) >= 11 is 0. The molecule has 0 radical (unpaired) electrons. The normalized spacial score (nSPS) is 15.6. The molecule has 26 heavy (non-hydrogen) atoms. The number of ketones is 1. The van der Waals surface area contributed by atoms with Crippen molar-refractivity contribution in [2.45, 2.75) is 26.3 Å². The van der Waals surface area contributed by atoms with Crippen molar-refractivity contribution in [2.75, 3.05) is 18.4 Å². The van der Waals surface area contributed by atoms with E-state index in [1.54, 1.807) is 36.4 Å². The highest BCUT2D eigenvalue weighted by Crippen LogP contribution is 2.21. The molecular formula is C21H23FN2O2. The third-order valence-electron chi connectivity index (χ3n) is 4.81. The highest BCUT2D eigenvalue weighted by atomic mass is 19.1. The molecule has 4 nitrogen and oxygen atoms in total. The van der Waals surface area contributed by atoms with Gasteiger partial charge < -0.3 is 5.32 Å². The van der Waals surface area contributed by atoms with Crippen molar-refractivity contribution in [1.82, 2.24) is 4.90 Å². The molecule has 0 aromatic heterocycles. The van der Waals surface area contributed by atoms with Crippen LogP contribution in [0.2, 0.25) is 0 Å². The average molecular weight is 354 g/mol. The molecule has 2 aromatic rings. The summed E-state index contributed by atoms with van der Waals surface area (Å²) in [5.74, 6) is -0.263. The first-order valence-electron chi connectivity index (χ1n) is 8.90. The molecule has 1 saturated heterocycles. The van der Waals surface area contributed by atoms with Crippen molar-refractivity contribution in [2.24, 2.45) is 5.92 Å². The van der Waals surface area contributed by atoms with Crippen LogP contribution in [0.15, 0.2) is 48.5 Å². The van der Waals surface area contributed by atoms with Gasteiger partial charge in [0.2, 0.25) is 5.91 Å². The molecule has 0 unspecified atom stereocenters. The summed E-state index contributed by atoms with van der Waals surface area (Å²) in [6.07, 6.45) is 1.58. The zero-order chi connectivity index (χ0) is 18.5. The van der Waals surface area contributed by atoms with E-state index in [0.29, 0.717) is 11.3 Å². The van der Waals surface area contributed by atoms with E-state index in [-0.39, 0.29) is 23.4 Å². The number of rotatable bonds is 5. The lowest BCUT2D eigenvalue weighted by Gasteiger charge is -2.31. The maximum atomic E-state index is 13.0. The van der Waals surface area contributed by atoms with E-state index in [4.69, 9.17) is 0 Å². The molecule has 0 spiro atoms. The number of carbonyl (C=O) groups is 2. The van der Waals surface area contributed by atoms with Crippen molar-refractivity contribution in [1.29, 1.82) is 0 Å². The Bertz CT molecular complexity index is 781. The molecule has 3 rings (SSSR count). The number of carbonyl (C=O) groups excluding carboxylic acids is 2. The number of hydrogen-bond donors (Lipinski definition) is 1. The van der Waals surface area contributed by atoms with E-state index < -0.39 is 0 Å². The fourth-order valence-electron chi connectivity index (χ4n) is 3.26. The Morgan fingerprint density at radius 3 is 2.46 bits per heavy atom. The Kier molecular flexibility index (Phi) is 5.78. The topological polar surface area (TPSA) is 49.4 Å². The summed E-state index contributed by atoms with van der Waals surface area (Å²) in [6.45, 7) is 3.96. The molecule has 5 heteroatoms. The number of nitrogens with zero attached hydrogens (tertiary/aromatic N) is 1. The Labute approximate surface area is 153 Å². The molecule has 1 aliphatic heterocycles. The van der Waals surface area contributed by atoms with Crippen molar-refractivity contribution in [3.05, 3.63) is 65.5 Å². The van der Waals surface area contributed by atoms with Crippen LogP contribution < -0.4 is 5.32 Å². The van der Waals surface area contributed by atoms with Crippen molar-refractivity contribution < 1.29 is 14.0 Å². The first kappa shape index (κ1) is 18.3. The number of Topliss-reactive ketones (excluding diaryl/α,β-unsaturated/α-hetero) is 1. The molecule has 0 aliphatic carbocycles. The van der Waals surface area contributed by atoms with Gasteiger partial charge in [0.05, 0.1) is 0 Å². The number of amides is 1. The fraction of sp³-hybridized carbons (Fsp3) is 0.333. The van der Waals surface area contributed by atoms with E-state index in [2.05, 4.69) is 10.2 Å². The van der Waals surface area contributed by atoms with Crippen LogP contribution in [-0.2, 0) is 11.3 Å². The van der Waals surface area contributed by atoms with E-state index >= 15 is 0 Å². The predicted octanol–water partition coefficient (Wildman–Crippen LogP) is 3.88. The Morgan fingerprint density at radius 1 is 1.12 bits per heavy atom. The predicted molar refractivity (Wildman–Crippen MR) is 99.5 cm³/mol. The van der Waals surface area contributed by atoms with Gasteiger partial charge in [-0.3, -0.25) is 14.5 Å². The lowest BCUT2D eigenvalue weighted by atomic mass is 9.95. The first-order chi connectivity index (χ1) is 12.5. The summed E-state index contributed by atoms with van der Waals surface area (Å²) in [7, 11) is 0. The van der Waals surface area contributed by atoms with Crippen LogP contribution in [0.3, 0.4) is 0 Å². The molecule has 1 fully saturated rings. The maximum Gasteiger partial charge on any atom is 0.227 e. The number of anilines is 1. The van der Waals surface area contributed by atoms with Gasteiger partial charge in [-0.2, -0.15) is 0 Å². The third kappa shape index (κ3) is 4.76. The second kappa shape index (κ2) is 8.23. The van der Waals surface area contributed by atoms with Crippen LogP contribution in [0.5, 0.6) is 0 Å². The Balaban J connectivity index is 1.51. The van der Waals surface area contributed by atoms with Gasteiger partial charge in [0.15, 0.2) is 5.78 Å². The monoisotopic (exact) mass is 354 g/mol. The van der Waals surface area contributed by atoms with Gasteiger partial charge in [-0.05, 0) is 62.7 Å². The van der Waals surface area contributed by atoms with Crippen molar-refractivity contribution in [3.63, 3.8) is 0 Å². The van der Waals surface area contributed by atoms with E-state index in [1.165, 1.54) is 19.1 Å². The number of benzene rings is 2. The van der Waals surface area contributed by atoms with Crippen LogP contribution in [0, 0.1) is 11.7 Å².